The molecule has 5 nitrogen and oxygen atoms in total. The number of nitrogens with zero attached hydrogens (tertiary/aromatic N) is 2. The van der Waals surface area contributed by atoms with Crippen LogP contribution in [-0.4, -0.2) is 16.2 Å². The number of benzene rings is 1. The van der Waals surface area contributed by atoms with Gasteiger partial charge < -0.3 is 19.6 Å². The number of imidazole rings is 1. The Morgan fingerprint density at radius 2 is 2.05 bits per heavy atom. The van der Waals surface area contributed by atoms with E-state index in [0.717, 1.165) is 39.7 Å². The van der Waals surface area contributed by atoms with Crippen LogP contribution in [0.4, 0.5) is 0 Å². The lowest BCUT2D eigenvalue weighted by atomic mass is 10.1. The Hall–Kier alpha value is -2.53. The van der Waals surface area contributed by atoms with Gasteiger partial charge in [0.05, 0.1) is 5.69 Å². The van der Waals surface area contributed by atoms with E-state index >= 15 is 0 Å². The summed E-state index contributed by atoms with van der Waals surface area (Å²) in [6.45, 7) is 2.85. The van der Waals surface area contributed by atoms with E-state index in [0.29, 0.717) is 6.54 Å². The van der Waals surface area contributed by atoms with Gasteiger partial charge in [-0.1, -0.05) is 0 Å². The average Bonchev–Trinajstić information content (AvgIpc) is 3.10. The van der Waals surface area contributed by atoms with Crippen molar-refractivity contribution in [2.45, 2.75) is 13.5 Å². The molecule has 1 aliphatic heterocycles. The monoisotopic (exact) mass is 281 g/mol. The SMILES string of the molecule is Cc1c(-c2ccc3c(c2)OCO3)nc2cc(CN)ccn12. The highest BCUT2D eigenvalue weighted by atomic mass is 16.7. The highest BCUT2D eigenvalue weighted by molar-refractivity contribution is 5.69. The van der Waals surface area contributed by atoms with Crippen molar-refractivity contribution in [1.29, 1.82) is 0 Å². The number of aryl methyl sites for hydroxylation is 1. The van der Waals surface area contributed by atoms with Gasteiger partial charge in [0.25, 0.3) is 0 Å². The largest absolute Gasteiger partial charge is 0.454 e. The van der Waals surface area contributed by atoms with Crippen molar-refractivity contribution in [3.8, 4) is 22.8 Å². The molecule has 106 valence electrons. The molecule has 0 unspecified atom stereocenters. The second kappa shape index (κ2) is 4.49. The van der Waals surface area contributed by atoms with Gasteiger partial charge in [-0.3, -0.25) is 0 Å². The minimum Gasteiger partial charge on any atom is -0.454 e. The van der Waals surface area contributed by atoms with Crippen LogP contribution in [0.3, 0.4) is 0 Å². The van der Waals surface area contributed by atoms with E-state index < -0.39 is 0 Å². The molecule has 0 spiro atoms. The van der Waals surface area contributed by atoms with Crippen LogP contribution in [0.15, 0.2) is 36.5 Å². The van der Waals surface area contributed by atoms with Crippen LogP contribution >= 0.6 is 0 Å². The Labute approximate surface area is 121 Å². The second-order valence-corrected chi connectivity index (χ2v) is 5.08. The number of rotatable bonds is 2. The molecule has 1 aromatic carbocycles. The van der Waals surface area contributed by atoms with E-state index in [-0.39, 0.29) is 6.79 Å². The van der Waals surface area contributed by atoms with Crippen LogP contribution in [-0.2, 0) is 6.54 Å². The Morgan fingerprint density at radius 1 is 1.19 bits per heavy atom. The zero-order chi connectivity index (χ0) is 14.4. The van der Waals surface area contributed by atoms with E-state index in [9.17, 15) is 0 Å². The number of hydrogen-bond donors (Lipinski definition) is 1. The molecule has 0 bridgehead atoms. The van der Waals surface area contributed by atoms with Crippen molar-refractivity contribution in [1.82, 2.24) is 9.38 Å². The molecule has 1 aliphatic rings. The Bertz CT molecular complexity index is 839. The van der Waals surface area contributed by atoms with Crippen LogP contribution in [0.1, 0.15) is 11.3 Å². The van der Waals surface area contributed by atoms with Crippen molar-refractivity contribution in [2.75, 3.05) is 6.79 Å². The lowest BCUT2D eigenvalue weighted by molar-refractivity contribution is 0.174. The summed E-state index contributed by atoms with van der Waals surface area (Å²) in [5, 5.41) is 0. The predicted molar refractivity (Wildman–Crippen MR) is 79.4 cm³/mol. The third kappa shape index (κ3) is 1.86. The van der Waals surface area contributed by atoms with E-state index in [2.05, 4.69) is 11.3 Å². The topological polar surface area (TPSA) is 61.8 Å². The third-order valence-corrected chi connectivity index (χ3v) is 3.81. The van der Waals surface area contributed by atoms with Crippen molar-refractivity contribution >= 4 is 5.65 Å². The molecule has 0 saturated heterocycles. The first kappa shape index (κ1) is 12.2. The van der Waals surface area contributed by atoms with E-state index in [1.165, 1.54) is 0 Å². The number of ether oxygens (including phenoxy) is 2. The summed E-state index contributed by atoms with van der Waals surface area (Å²) in [5.74, 6) is 1.55. The van der Waals surface area contributed by atoms with Gasteiger partial charge in [0, 0.05) is 24.0 Å². The smallest absolute Gasteiger partial charge is 0.231 e. The minimum atomic E-state index is 0.281. The van der Waals surface area contributed by atoms with Gasteiger partial charge in [0.2, 0.25) is 6.79 Å². The fourth-order valence-corrected chi connectivity index (χ4v) is 2.65. The van der Waals surface area contributed by atoms with Crippen molar-refractivity contribution in [3.63, 3.8) is 0 Å². The highest BCUT2D eigenvalue weighted by Gasteiger charge is 2.17. The summed E-state index contributed by atoms with van der Waals surface area (Å²) >= 11 is 0. The lowest BCUT2D eigenvalue weighted by Crippen LogP contribution is -1.97. The van der Waals surface area contributed by atoms with Crippen molar-refractivity contribution in [3.05, 3.63) is 47.8 Å². The number of aromatic nitrogens is 2. The second-order valence-electron chi connectivity index (χ2n) is 5.08. The molecule has 21 heavy (non-hydrogen) atoms. The van der Waals surface area contributed by atoms with Crippen LogP contribution in [0, 0.1) is 6.92 Å². The van der Waals surface area contributed by atoms with Gasteiger partial charge in [-0.2, -0.15) is 0 Å². The molecule has 0 atom stereocenters. The third-order valence-electron chi connectivity index (χ3n) is 3.81. The Balaban J connectivity index is 1.88. The predicted octanol–water partition coefficient (Wildman–Crippen LogP) is 2.50. The molecule has 3 heterocycles. The number of fused-ring (bicyclic) bond motifs is 2. The molecule has 0 aliphatic carbocycles. The summed E-state index contributed by atoms with van der Waals surface area (Å²) in [6.07, 6.45) is 2.01. The molecular formula is C16H15N3O2. The van der Waals surface area contributed by atoms with Crippen LogP contribution < -0.4 is 15.2 Å². The first-order chi connectivity index (χ1) is 10.3. The quantitative estimate of drug-likeness (QED) is 0.784. The summed E-state index contributed by atoms with van der Waals surface area (Å²) < 4.78 is 12.9. The maximum Gasteiger partial charge on any atom is 0.231 e. The van der Waals surface area contributed by atoms with Gasteiger partial charge in [0.15, 0.2) is 11.5 Å². The molecule has 2 aromatic heterocycles. The number of hydrogen-bond acceptors (Lipinski definition) is 4. The molecule has 4 rings (SSSR count). The summed E-state index contributed by atoms with van der Waals surface area (Å²) in [4.78, 5) is 4.73. The molecule has 3 aromatic rings. The van der Waals surface area contributed by atoms with Gasteiger partial charge in [0.1, 0.15) is 5.65 Å². The summed E-state index contributed by atoms with van der Waals surface area (Å²) in [6, 6.07) is 9.94. The van der Waals surface area contributed by atoms with Crippen molar-refractivity contribution < 1.29 is 9.47 Å². The van der Waals surface area contributed by atoms with Crippen LogP contribution in [0.25, 0.3) is 16.9 Å². The first-order valence-corrected chi connectivity index (χ1v) is 6.84. The van der Waals surface area contributed by atoms with Crippen LogP contribution in [0.2, 0.25) is 0 Å². The van der Waals surface area contributed by atoms with Crippen LogP contribution in [0.5, 0.6) is 11.5 Å². The lowest BCUT2D eigenvalue weighted by Gasteiger charge is -2.02. The number of nitrogens with two attached hydrogens (primary N) is 1. The van der Waals surface area contributed by atoms with Gasteiger partial charge >= 0.3 is 0 Å². The maximum absolute atomic E-state index is 5.69. The zero-order valence-corrected chi connectivity index (χ0v) is 11.7. The molecule has 0 fully saturated rings. The van der Waals surface area contributed by atoms with E-state index in [4.69, 9.17) is 20.2 Å². The summed E-state index contributed by atoms with van der Waals surface area (Å²) in [7, 11) is 0. The van der Waals surface area contributed by atoms with E-state index in [1.54, 1.807) is 0 Å². The average molecular weight is 281 g/mol. The zero-order valence-electron chi connectivity index (χ0n) is 11.7. The van der Waals surface area contributed by atoms with E-state index in [1.807, 2.05) is 36.5 Å². The Morgan fingerprint density at radius 3 is 2.90 bits per heavy atom. The standard InChI is InChI=1S/C16H15N3O2/c1-10-16(12-2-3-13-14(7-12)21-9-20-13)18-15-6-11(8-17)4-5-19(10)15/h2-7H,8-9,17H2,1H3. The number of pyridine rings is 1. The van der Waals surface area contributed by atoms with Gasteiger partial charge in [-0.25, -0.2) is 4.98 Å². The molecule has 2 N–H and O–H groups in total. The van der Waals surface area contributed by atoms with Gasteiger partial charge in [-0.05, 0) is 42.8 Å². The first-order valence-electron chi connectivity index (χ1n) is 6.84. The Kier molecular flexibility index (Phi) is 2.62. The van der Waals surface area contributed by atoms with Gasteiger partial charge in [-0.15, -0.1) is 0 Å². The minimum absolute atomic E-state index is 0.281. The summed E-state index contributed by atoms with van der Waals surface area (Å²) in [5.41, 5.74) is 10.7. The molecule has 0 saturated carbocycles. The maximum atomic E-state index is 5.69. The van der Waals surface area contributed by atoms with Crippen molar-refractivity contribution in [2.24, 2.45) is 5.73 Å². The normalized spacial score (nSPS) is 13.0. The highest BCUT2D eigenvalue weighted by Crippen LogP contribution is 2.36. The molecular weight excluding hydrogens is 266 g/mol. The fourth-order valence-electron chi connectivity index (χ4n) is 2.65. The molecule has 0 amide bonds. The molecule has 0 radical (unpaired) electrons. The molecule has 5 heteroatoms. The fraction of sp³-hybridized carbons (Fsp3) is 0.188.